The molecule has 0 heterocycles. The number of carbonyl (C=O) groups excluding carboxylic acids is 1. The molecular formula is C21H26F3IN4O. The zero-order chi connectivity index (χ0) is 21.6. The topological polar surface area (TPSA) is 47.9 Å². The Morgan fingerprint density at radius 3 is 1.97 bits per heavy atom. The van der Waals surface area contributed by atoms with Gasteiger partial charge in [-0.1, -0.05) is 24.3 Å². The zero-order valence-corrected chi connectivity index (χ0v) is 19.7. The number of carbonyl (C=O) groups is 1. The van der Waals surface area contributed by atoms with E-state index in [9.17, 15) is 18.0 Å². The number of halogens is 4. The minimum atomic E-state index is -4.34. The van der Waals surface area contributed by atoms with E-state index in [0.29, 0.717) is 24.6 Å². The molecule has 2 rings (SSSR count). The van der Waals surface area contributed by atoms with Gasteiger partial charge in [-0.25, -0.2) is 0 Å². The third-order valence-electron chi connectivity index (χ3n) is 4.33. The first-order valence-corrected chi connectivity index (χ1v) is 9.00. The summed E-state index contributed by atoms with van der Waals surface area (Å²) < 4.78 is 38.0. The molecule has 0 bridgehead atoms. The van der Waals surface area contributed by atoms with Gasteiger partial charge in [0.15, 0.2) is 5.96 Å². The first-order chi connectivity index (χ1) is 13.6. The van der Waals surface area contributed by atoms with E-state index in [1.165, 1.54) is 17.0 Å². The summed E-state index contributed by atoms with van der Waals surface area (Å²) in [5.41, 5.74) is 1.67. The standard InChI is InChI=1S/C21H25F3N4O.HI/c1-25-20(26-13-15-5-9-17(10-6-15)19(29)27(2)3)28(4)14-16-7-11-18(12-8-16)21(22,23)24;/h5-12H,13-14H2,1-4H3,(H,25,26);1H. The number of hydrogen-bond acceptors (Lipinski definition) is 2. The van der Waals surface area contributed by atoms with Gasteiger partial charge >= 0.3 is 6.18 Å². The van der Waals surface area contributed by atoms with Crippen LogP contribution in [-0.4, -0.2) is 49.9 Å². The molecule has 0 radical (unpaired) electrons. The molecule has 0 spiro atoms. The Morgan fingerprint density at radius 2 is 1.50 bits per heavy atom. The Hall–Kier alpha value is -2.30. The average molecular weight is 534 g/mol. The smallest absolute Gasteiger partial charge is 0.352 e. The van der Waals surface area contributed by atoms with E-state index < -0.39 is 11.7 Å². The van der Waals surface area contributed by atoms with Crippen molar-refractivity contribution in [3.63, 3.8) is 0 Å². The van der Waals surface area contributed by atoms with Crippen molar-refractivity contribution in [3.05, 3.63) is 70.8 Å². The highest BCUT2D eigenvalue weighted by atomic mass is 127. The van der Waals surface area contributed by atoms with Crippen LogP contribution in [0.5, 0.6) is 0 Å². The number of guanidine groups is 1. The summed E-state index contributed by atoms with van der Waals surface area (Å²) in [7, 11) is 6.86. The number of amides is 1. The molecule has 0 atom stereocenters. The number of nitrogens with zero attached hydrogens (tertiary/aromatic N) is 3. The highest BCUT2D eigenvalue weighted by Gasteiger charge is 2.29. The van der Waals surface area contributed by atoms with Gasteiger partial charge in [0.2, 0.25) is 0 Å². The molecule has 0 aromatic heterocycles. The number of benzene rings is 2. The third kappa shape index (κ3) is 7.19. The van der Waals surface area contributed by atoms with Crippen LogP contribution in [0.25, 0.3) is 0 Å². The molecule has 2 aromatic rings. The highest BCUT2D eigenvalue weighted by molar-refractivity contribution is 14.0. The van der Waals surface area contributed by atoms with Crippen LogP contribution >= 0.6 is 24.0 Å². The summed E-state index contributed by atoms with van der Waals surface area (Å²) in [6, 6.07) is 12.4. The summed E-state index contributed by atoms with van der Waals surface area (Å²) >= 11 is 0. The van der Waals surface area contributed by atoms with Crippen molar-refractivity contribution in [2.75, 3.05) is 28.2 Å². The molecule has 0 aliphatic carbocycles. The number of hydrogen-bond donors (Lipinski definition) is 1. The van der Waals surface area contributed by atoms with Gasteiger partial charge < -0.3 is 15.1 Å². The maximum absolute atomic E-state index is 12.7. The molecule has 0 aliphatic heterocycles. The Labute approximate surface area is 192 Å². The van der Waals surface area contributed by atoms with E-state index in [1.807, 2.05) is 24.1 Å². The van der Waals surface area contributed by atoms with Crippen LogP contribution in [-0.2, 0) is 19.3 Å². The Bertz CT molecular complexity index is 850. The summed E-state index contributed by atoms with van der Waals surface area (Å²) in [5.74, 6) is 0.551. The molecule has 30 heavy (non-hydrogen) atoms. The van der Waals surface area contributed by atoms with E-state index in [2.05, 4.69) is 10.3 Å². The number of alkyl halides is 3. The monoisotopic (exact) mass is 534 g/mol. The van der Waals surface area contributed by atoms with Crippen LogP contribution in [0.2, 0.25) is 0 Å². The van der Waals surface area contributed by atoms with Crippen molar-refractivity contribution >= 4 is 35.8 Å². The van der Waals surface area contributed by atoms with Crippen LogP contribution < -0.4 is 5.32 Å². The molecule has 1 amide bonds. The Morgan fingerprint density at radius 1 is 0.967 bits per heavy atom. The second kappa shape index (κ2) is 11.2. The first-order valence-electron chi connectivity index (χ1n) is 9.00. The van der Waals surface area contributed by atoms with Crippen molar-refractivity contribution in [2.45, 2.75) is 19.3 Å². The lowest BCUT2D eigenvalue weighted by atomic mass is 10.1. The van der Waals surface area contributed by atoms with Crippen LogP contribution in [0.15, 0.2) is 53.5 Å². The molecular weight excluding hydrogens is 508 g/mol. The van der Waals surface area contributed by atoms with E-state index in [-0.39, 0.29) is 29.9 Å². The molecule has 9 heteroatoms. The molecule has 0 unspecified atom stereocenters. The van der Waals surface area contributed by atoms with Crippen LogP contribution in [0, 0.1) is 0 Å². The van der Waals surface area contributed by atoms with Gasteiger partial charge in [-0.15, -0.1) is 24.0 Å². The summed E-state index contributed by atoms with van der Waals surface area (Å²) in [6.45, 7) is 0.911. The van der Waals surface area contributed by atoms with Crippen molar-refractivity contribution in [3.8, 4) is 0 Å². The van der Waals surface area contributed by atoms with Gasteiger partial charge in [0.05, 0.1) is 5.56 Å². The maximum atomic E-state index is 12.7. The second-order valence-electron chi connectivity index (χ2n) is 6.85. The third-order valence-corrected chi connectivity index (χ3v) is 4.33. The summed E-state index contributed by atoms with van der Waals surface area (Å²) in [5, 5.41) is 3.21. The van der Waals surface area contributed by atoms with Crippen LogP contribution in [0.3, 0.4) is 0 Å². The molecule has 2 aromatic carbocycles. The van der Waals surface area contributed by atoms with Crippen LogP contribution in [0.4, 0.5) is 13.2 Å². The quantitative estimate of drug-likeness (QED) is 0.355. The molecule has 0 saturated carbocycles. The maximum Gasteiger partial charge on any atom is 0.416 e. The lowest BCUT2D eigenvalue weighted by Crippen LogP contribution is -2.38. The summed E-state index contributed by atoms with van der Waals surface area (Å²) in [6.07, 6.45) is -4.34. The largest absolute Gasteiger partial charge is 0.416 e. The van der Waals surface area contributed by atoms with Gasteiger partial charge in [0, 0.05) is 46.8 Å². The molecule has 1 N–H and O–H groups in total. The van der Waals surface area contributed by atoms with Crippen molar-refractivity contribution in [1.82, 2.24) is 15.1 Å². The fourth-order valence-electron chi connectivity index (χ4n) is 2.74. The summed E-state index contributed by atoms with van der Waals surface area (Å²) in [4.78, 5) is 19.5. The van der Waals surface area contributed by atoms with E-state index in [0.717, 1.165) is 23.3 Å². The lowest BCUT2D eigenvalue weighted by molar-refractivity contribution is -0.137. The minimum absolute atomic E-state index is 0. The Balaban J connectivity index is 0.00000450. The minimum Gasteiger partial charge on any atom is -0.352 e. The van der Waals surface area contributed by atoms with Gasteiger partial charge in [-0.05, 0) is 35.4 Å². The predicted molar refractivity (Wildman–Crippen MR) is 123 cm³/mol. The molecule has 164 valence electrons. The van der Waals surface area contributed by atoms with Gasteiger partial charge in [-0.2, -0.15) is 13.2 Å². The highest BCUT2D eigenvalue weighted by Crippen LogP contribution is 2.29. The fourth-order valence-corrected chi connectivity index (χ4v) is 2.74. The molecule has 0 aliphatic rings. The fraction of sp³-hybridized carbons (Fsp3) is 0.333. The molecule has 0 saturated heterocycles. The molecule has 5 nitrogen and oxygen atoms in total. The Kier molecular flexibility index (Phi) is 9.60. The van der Waals surface area contributed by atoms with E-state index in [4.69, 9.17) is 0 Å². The van der Waals surface area contributed by atoms with Crippen LogP contribution in [0.1, 0.15) is 27.0 Å². The number of nitrogens with one attached hydrogen (secondary N) is 1. The zero-order valence-electron chi connectivity index (χ0n) is 17.3. The van der Waals surface area contributed by atoms with Crippen molar-refractivity contribution < 1.29 is 18.0 Å². The lowest BCUT2D eigenvalue weighted by Gasteiger charge is -2.22. The number of aliphatic imine (C=N–C) groups is 1. The van der Waals surface area contributed by atoms with Crippen molar-refractivity contribution in [2.24, 2.45) is 4.99 Å². The van der Waals surface area contributed by atoms with Gasteiger partial charge in [0.1, 0.15) is 0 Å². The number of rotatable bonds is 5. The SMILES string of the molecule is CN=C(NCc1ccc(C(=O)N(C)C)cc1)N(C)Cc1ccc(C(F)(F)F)cc1.I. The van der Waals surface area contributed by atoms with Gasteiger partial charge in [-0.3, -0.25) is 9.79 Å². The van der Waals surface area contributed by atoms with E-state index in [1.54, 1.807) is 33.3 Å². The predicted octanol–water partition coefficient (Wildman–Crippen LogP) is 4.23. The van der Waals surface area contributed by atoms with E-state index >= 15 is 0 Å². The normalized spacial score (nSPS) is 11.5. The average Bonchev–Trinajstić information content (AvgIpc) is 2.68. The molecule has 0 fully saturated rings. The second-order valence-corrected chi connectivity index (χ2v) is 6.85. The van der Waals surface area contributed by atoms with Gasteiger partial charge in [0.25, 0.3) is 5.91 Å². The first kappa shape index (κ1) is 25.7. The van der Waals surface area contributed by atoms with Crippen molar-refractivity contribution in [1.29, 1.82) is 0 Å².